The molecule has 26 heavy (non-hydrogen) atoms. The summed E-state index contributed by atoms with van der Waals surface area (Å²) >= 11 is 0. The lowest BCUT2D eigenvalue weighted by atomic mass is 10.1. The maximum absolute atomic E-state index is 6.44. The number of ether oxygens (including phenoxy) is 1. The zero-order valence-corrected chi connectivity index (χ0v) is 15.6. The molecule has 1 aliphatic heterocycles. The minimum atomic E-state index is 0.285. The molecule has 0 N–H and O–H groups in total. The van der Waals surface area contributed by atoms with Crippen LogP contribution >= 0.6 is 0 Å². The maximum Gasteiger partial charge on any atom is 0.130 e. The normalized spacial score (nSPS) is 16.1. The van der Waals surface area contributed by atoms with Crippen LogP contribution in [0, 0.1) is 13.8 Å². The van der Waals surface area contributed by atoms with Crippen molar-refractivity contribution in [3.63, 3.8) is 0 Å². The van der Waals surface area contributed by atoms with E-state index in [9.17, 15) is 0 Å². The molecule has 0 unspecified atom stereocenters. The number of rotatable bonds is 4. The highest BCUT2D eigenvalue weighted by Crippen LogP contribution is 2.30. The summed E-state index contributed by atoms with van der Waals surface area (Å²) in [4.78, 5) is 7.22. The Morgan fingerprint density at radius 3 is 2.54 bits per heavy atom. The van der Waals surface area contributed by atoms with Crippen molar-refractivity contribution >= 4 is 10.9 Å². The minimum absolute atomic E-state index is 0.285. The molecule has 4 rings (SSSR count). The number of aromatic nitrogens is 1. The Hall–Kier alpha value is -2.39. The predicted octanol–water partition coefficient (Wildman–Crippen LogP) is 4.90. The molecule has 0 atom stereocenters. The second-order valence-electron chi connectivity index (χ2n) is 7.31. The second-order valence-corrected chi connectivity index (χ2v) is 7.31. The molecule has 1 aliphatic rings. The van der Waals surface area contributed by atoms with Crippen molar-refractivity contribution in [1.29, 1.82) is 0 Å². The van der Waals surface area contributed by atoms with E-state index in [0.29, 0.717) is 0 Å². The maximum atomic E-state index is 6.44. The average molecular weight is 346 g/mol. The summed E-state index contributed by atoms with van der Waals surface area (Å²) in [6, 6.07) is 19.1. The summed E-state index contributed by atoms with van der Waals surface area (Å²) in [5.41, 5.74) is 4.67. The third-order valence-corrected chi connectivity index (χ3v) is 5.21. The Labute approximate surface area is 155 Å². The lowest BCUT2D eigenvalue weighted by molar-refractivity contribution is 0.0979. The number of fused-ring (bicyclic) bond motifs is 1. The lowest BCUT2D eigenvalue weighted by Crippen LogP contribution is -2.37. The van der Waals surface area contributed by atoms with Crippen LogP contribution in [-0.4, -0.2) is 29.1 Å². The third-order valence-electron chi connectivity index (χ3n) is 5.21. The molecule has 2 aromatic carbocycles. The van der Waals surface area contributed by atoms with Gasteiger partial charge in [0.15, 0.2) is 0 Å². The van der Waals surface area contributed by atoms with Crippen LogP contribution in [0.25, 0.3) is 10.9 Å². The first-order valence-electron chi connectivity index (χ1n) is 9.49. The summed E-state index contributed by atoms with van der Waals surface area (Å²) in [6.45, 7) is 7.35. The molecule has 0 saturated carbocycles. The summed E-state index contributed by atoms with van der Waals surface area (Å²) in [5, 5.41) is 1.13. The van der Waals surface area contributed by atoms with Crippen molar-refractivity contribution < 1.29 is 4.74 Å². The van der Waals surface area contributed by atoms with Gasteiger partial charge >= 0.3 is 0 Å². The third kappa shape index (κ3) is 3.73. The number of hydrogen-bond donors (Lipinski definition) is 0. The Morgan fingerprint density at radius 1 is 1.00 bits per heavy atom. The van der Waals surface area contributed by atoms with Crippen LogP contribution in [-0.2, 0) is 6.54 Å². The minimum Gasteiger partial charge on any atom is -0.490 e. The van der Waals surface area contributed by atoms with Gasteiger partial charge in [-0.3, -0.25) is 9.88 Å². The Balaban J connectivity index is 1.43. The van der Waals surface area contributed by atoms with Crippen molar-refractivity contribution in [2.75, 3.05) is 13.1 Å². The van der Waals surface area contributed by atoms with Gasteiger partial charge in [-0.2, -0.15) is 0 Å². The van der Waals surface area contributed by atoms with E-state index in [2.05, 4.69) is 66.4 Å². The van der Waals surface area contributed by atoms with Crippen LogP contribution in [0.15, 0.2) is 54.6 Å². The van der Waals surface area contributed by atoms with Gasteiger partial charge in [0.25, 0.3) is 0 Å². The van der Waals surface area contributed by atoms with E-state index >= 15 is 0 Å². The smallest absolute Gasteiger partial charge is 0.130 e. The Morgan fingerprint density at radius 2 is 1.77 bits per heavy atom. The van der Waals surface area contributed by atoms with Gasteiger partial charge in [-0.25, -0.2) is 0 Å². The largest absolute Gasteiger partial charge is 0.490 e. The highest BCUT2D eigenvalue weighted by atomic mass is 16.5. The first-order chi connectivity index (χ1) is 12.7. The van der Waals surface area contributed by atoms with E-state index in [1.807, 2.05) is 6.92 Å². The molecule has 0 spiro atoms. The standard InChI is InChI=1S/C23H26N2O/c1-17-7-6-10-21-22(15-18(2)24-23(17)21)26-20-11-13-25(14-12-20)16-19-8-4-3-5-9-19/h3-10,15,20H,11-14,16H2,1-2H3. The average Bonchev–Trinajstić information content (AvgIpc) is 2.65. The number of para-hydroxylation sites is 1. The first-order valence-corrected chi connectivity index (χ1v) is 9.49. The predicted molar refractivity (Wildman–Crippen MR) is 107 cm³/mol. The SMILES string of the molecule is Cc1cc(OC2CCN(Cc3ccccc3)CC2)c2cccc(C)c2n1. The van der Waals surface area contributed by atoms with Gasteiger partial charge in [-0.1, -0.05) is 42.5 Å². The zero-order valence-electron chi connectivity index (χ0n) is 15.6. The van der Waals surface area contributed by atoms with Gasteiger partial charge in [0.05, 0.1) is 5.52 Å². The summed E-state index contributed by atoms with van der Waals surface area (Å²) in [7, 11) is 0. The molecule has 0 amide bonds. The van der Waals surface area contributed by atoms with E-state index in [0.717, 1.165) is 54.8 Å². The second kappa shape index (κ2) is 7.46. The van der Waals surface area contributed by atoms with Gasteiger partial charge in [-0.05, 0) is 43.9 Å². The molecule has 134 valence electrons. The molecule has 1 saturated heterocycles. The number of nitrogens with zero attached hydrogens (tertiary/aromatic N) is 2. The van der Waals surface area contributed by atoms with E-state index in [1.165, 1.54) is 11.1 Å². The van der Waals surface area contributed by atoms with Crippen LogP contribution in [0.5, 0.6) is 5.75 Å². The lowest BCUT2D eigenvalue weighted by Gasteiger charge is -2.32. The van der Waals surface area contributed by atoms with Crippen molar-refractivity contribution in [3.8, 4) is 5.75 Å². The van der Waals surface area contributed by atoms with Gasteiger partial charge in [0, 0.05) is 36.8 Å². The van der Waals surface area contributed by atoms with Gasteiger partial charge in [0.1, 0.15) is 11.9 Å². The fourth-order valence-corrected chi connectivity index (χ4v) is 3.79. The quantitative estimate of drug-likeness (QED) is 0.672. The molecule has 1 fully saturated rings. The monoisotopic (exact) mass is 346 g/mol. The molecule has 2 heterocycles. The number of hydrogen-bond acceptors (Lipinski definition) is 3. The van der Waals surface area contributed by atoms with Gasteiger partial charge < -0.3 is 4.74 Å². The van der Waals surface area contributed by atoms with Crippen molar-refractivity contribution in [1.82, 2.24) is 9.88 Å². The summed E-state index contributed by atoms with van der Waals surface area (Å²) < 4.78 is 6.44. The number of likely N-dealkylation sites (tertiary alicyclic amines) is 1. The Kier molecular flexibility index (Phi) is 4.89. The topological polar surface area (TPSA) is 25.4 Å². The molecule has 3 heteroatoms. The highest BCUT2D eigenvalue weighted by Gasteiger charge is 2.21. The van der Waals surface area contributed by atoms with E-state index in [4.69, 9.17) is 9.72 Å². The van der Waals surface area contributed by atoms with E-state index in [1.54, 1.807) is 0 Å². The molecule has 0 radical (unpaired) electrons. The van der Waals surface area contributed by atoms with Crippen molar-refractivity contribution in [3.05, 3.63) is 71.4 Å². The van der Waals surface area contributed by atoms with E-state index < -0.39 is 0 Å². The van der Waals surface area contributed by atoms with Crippen LogP contribution in [0.2, 0.25) is 0 Å². The molecule has 3 aromatic rings. The highest BCUT2D eigenvalue weighted by molar-refractivity contribution is 5.87. The fourth-order valence-electron chi connectivity index (χ4n) is 3.79. The molecule has 1 aromatic heterocycles. The van der Waals surface area contributed by atoms with Crippen LogP contribution < -0.4 is 4.74 Å². The molecule has 0 aliphatic carbocycles. The van der Waals surface area contributed by atoms with Crippen molar-refractivity contribution in [2.45, 2.75) is 39.3 Å². The molecule has 3 nitrogen and oxygen atoms in total. The van der Waals surface area contributed by atoms with Crippen molar-refractivity contribution in [2.24, 2.45) is 0 Å². The molecular weight excluding hydrogens is 320 g/mol. The van der Waals surface area contributed by atoms with Crippen LogP contribution in [0.1, 0.15) is 29.7 Å². The number of pyridine rings is 1. The zero-order chi connectivity index (χ0) is 17.9. The summed E-state index contributed by atoms with van der Waals surface area (Å²) in [5.74, 6) is 0.984. The number of piperidine rings is 1. The fraction of sp³-hybridized carbons (Fsp3) is 0.348. The van der Waals surface area contributed by atoms with Crippen LogP contribution in [0.4, 0.5) is 0 Å². The Bertz CT molecular complexity index is 883. The van der Waals surface area contributed by atoms with Gasteiger partial charge in [0.2, 0.25) is 0 Å². The first kappa shape index (κ1) is 17.0. The number of benzene rings is 2. The van der Waals surface area contributed by atoms with Crippen LogP contribution in [0.3, 0.4) is 0 Å². The number of aryl methyl sites for hydroxylation is 2. The van der Waals surface area contributed by atoms with Gasteiger partial charge in [-0.15, -0.1) is 0 Å². The summed E-state index contributed by atoms with van der Waals surface area (Å²) in [6.07, 6.45) is 2.43. The molecular formula is C23H26N2O. The van der Waals surface area contributed by atoms with E-state index in [-0.39, 0.29) is 6.10 Å². The molecule has 0 bridgehead atoms.